The van der Waals surface area contributed by atoms with Crippen molar-refractivity contribution >= 4 is 21.9 Å². The van der Waals surface area contributed by atoms with E-state index >= 15 is 0 Å². The van der Waals surface area contributed by atoms with Crippen LogP contribution in [0.3, 0.4) is 0 Å². The summed E-state index contributed by atoms with van der Waals surface area (Å²) in [4.78, 5) is 11.9. The number of carbonyl (C=O) groups excluding carboxylic acids is 1. The highest BCUT2D eigenvalue weighted by atomic mass is 79.9. The summed E-state index contributed by atoms with van der Waals surface area (Å²) >= 11 is 3.49. The lowest BCUT2D eigenvalue weighted by molar-refractivity contribution is 0.0526. The minimum atomic E-state index is -0.294. The lowest BCUT2D eigenvalue weighted by Crippen LogP contribution is -2.04. The van der Waals surface area contributed by atoms with Crippen LogP contribution in [0.4, 0.5) is 0 Å². The van der Waals surface area contributed by atoms with Gasteiger partial charge in [-0.1, -0.05) is 22.9 Å². The molecule has 18 heavy (non-hydrogen) atoms. The highest BCUT2D eigenvalue weighted by molar-refractivity contribution is 9.09. The van der Waals surface area contributed by atoms with Crippen molar-refractivity contribution in [1.82, 2.24) is 0 Å². The molecule has 0 aliphatic rings. The maximum absolute atomic E-state index is 11.4. The van der Waals surface area contributed by atoms with E-state index < -0.39 is 0 Å². The Bertz CT molecular complexity index is 360. The van der Waals surface area contributed by atoms with Gasteiger partial charge in [0, 0.05) is 4.83 Å². The zero-order chi connectivity index (χ0) is 13.4. The van der Waals surface area contributed by atoms with Crippen molar-refractivity contribution in [2.45, 2.75) is 31.5 Å². The van der Waals surface area contributed by atoms with Crippen LogP contribution in [-0.4, -0.2) is 24.0 Å². The van der Waals surface area contributed by atoms with Gasteiger partial charge in [0.15, 0.2) is 0 Å². The highest BCUT2D eigenvalue weighted by Gasteiger charge is 2.05. The summed E-state index contributed by atoms with van der Waals surface area (Å²) in [5.41, 5.74) is 0.554. The van der Waals surface area contributed by atoms with Crippen molar-refractivity contribution < 1.29 is 14.3 Å². The number of carbonyl (C=O) groups is 1. The van der Waals surface area contributed by atoms with E-state index in [0.29, 0.717) is 23.6 Å². The Morgan fingerprint density at radius 3 is 2.56 bits per heavy atom. The minimum absolute atomic E-state index is 0.294. The third kappa shape index (κ3) is 5.54. The number of esters is 1. The van der Waals surface area contributed by atoms with Crippen LogP contribution < -0.4 is 4.74 Å². The van der Waals surface area contributed by atoms with Crippen LogP contribution in [-0.2, 0) is 4.74 Å². The van der Waals surface area contributed by atoms with Crippen LogP contribution in [0.2, 0.25) is 0 Å². The monoisotopic (exact) mass is 314 g/mol. The molecule has 0 bridgehead atoms. The fraction of sp³-hybridized carbons (Fsp3) is 0.500. The molecule has 1 rings (SSSR count). The Balaban J connectivity index is 2.38. The van der Waals surface area contributed by atoms with Crippen molar-refractivity contribution in [3.05, 3.63) is 29.8 Å². The molecule has 0 saturated heterocycles. The second kappa shape index (κ2) is 8.14. The predicted octanol–water partition coefficient (Wildman–Crippen LogP) is 3.81. The summed E-state index contributed by atoms with van der Waals surface area (Å²) in [5, 5.41) is 0. The van der Waals surface area contributed by atoms with Crippen LogP contribution in [0.5, 0.6) is 5.75 Å². The lowest BCUT2D eigenvalue weighted by Gasteiger charge is -2.07. The van der Waals surface area contributed by atoms with E-state index in [0.717, 1.165) is 18.6 Å². The minimum Gasteiger partial charge on any atom is -0.494 e. The fourth-order valence-electron chi connectivity index (χ4n) is 1.46. The van der Waals surface area contributed by atoms with E-state index in [2.05, 4.69) is 22.9 Å². The molecule has 100 valence electrons. The van der Waals surface area contributed by atoms with E-state index in [1.165, 1.54) is 0 Å². The molecule has 0 spiro atoms. The Morgan fingerprint density at radius 1 is 1.33 bits per heavy atom. The van der Waals surface area contributed by atoms with Gasteiger partial charge in [-0.25, -0.2) is 4.79 Å². The first-order chi connectivity index (χ1) is 8.63. The van der Waals surface area contributed by atoms with Gasteiger partial charge in [-0.15, -0.1) is 0 Å². The number of ether oxygens (including phenoxy) is 2. The van der Waals surface area contributed by atoms with Gasteiger partial charge in [-0.05, 0) is 44.0 Å². The molecule has 3 nitrogen and oxygen atoms in total. The number of halogens is 1. The van der Waals surface area contributed by atoms with E-state index in [1.807, 2.05) is 0 Å². The van der Waals surface area contributed by atoms with Crippen LogP contribution in [0.15, 0.2) is 24.3 Å². The lowest BCUT2D eigenvalue weighted by atomic mass is 10.2. The van der Waals surface area contributed by atoms with Gasteiger partial charge >= 0.3 is 5.97 Å². The van der Waals surface area contributed by atoms with Crippen molar-refractivity contribution in [3.8, 4) is 5.75 Å². The molecule has 0 amide bonds. The predicted molar refractivity (Wildman–Crippen MR) is 75.5 cm³/mol. The van der Waals surface area contributed by atoms with E-state index in [4.69, 9.17) is 9.47 Å². The largest absolute Gasteiger partial charge is 0.494 e. The van der Waals surface area contributed by atoms with Crippen molar-refractivity contribution in [1.29, 1.82) is 0 Å². The van der Waals surface area contributed by atoms with Crippen LogP contribution in [0.25, 0.3) is 0 Å². The molecule has 1 atom stereocenters. The normalized spacial score (nSPS) is 11.9. The van der Waals surface area contributed by atoms with Crippen LogP contribution in [0.1, 0.15) is 37.0 Å². The molecule has 0 saturated carbocycles. The maximum atomic E-state index is 11.4. The standard InChI is InChI=1S/C14H19BrO3/c1-3-17-14(16)12-6-8-13(9-7-12)18-10-4-5-11(2)15/h6-9,11H,3-5,10H2,1-2H3. The summed E-state index contributed by atoms with van der Waals surface area (Å²) in [6.45, 7) is 4.99. The first-order valence-corrected chi connectivity index (χ1v) is 7.09. The van der Waals surface area contributed by atoms with Gasteiger partial charge in [-0.3, -0.25) is 0 Å². The highest BCUT2D eigenvalue weighted by Crippen LogP contribution is 2.14. The average molecular weight is 315 g/mol. The summed E-state index contributed by atoms with van der Waals surface area (Å²) in [6.07, 6.45) is 2.09. The Hall–Kier alpha value is -1.03. The molecule has 0 heterocycles. The molecular formula is C14H19BrO3. The van der Waals surface area contributed by atoms with Crippen LogP contribution in [0, 0.1) is 0 Å². The van der Waals surface area contributed by atoms with Gasteiger partial charge in [-0.2, -0.15) is 0 Å². The molecule has 4 heteroatoms. The SMILES string of the molecule is CCOC(=O)c1ccc(OCCCC(C)Br)cc1. The second-order valence-corrected chi connectivity index (χ2v) is 5.58. The number of rotatable bonds is 7. The number of hydrogen-bond donors (Lipinski definition) is 0. The number of benzene rings is 1. The Labute approximate surface area is 117 Å². The first kappa shape index (κ1) is 15.0. The third-order valence-corrected chi connectivity index (χ3v) is 2.84. The topological polar surface area (TPSA) is 35.5 Å². The van der Waals surface area contributed by atoms with Crippen molar-refractivity contribution in [3.63, 3.8) is 0 Å². The van der Waals surface area contributed by atoms with Crippen molar-refractivity contribution in [2.24, 2.45) is 0 Å². The molecule has 1 aromatic carbocycles. The third-order valence-electron chi connectivity index (χ3n) is 2.38. The zero-order valence-electron chi connectivity index (χ0n) is 10.8. The van der Waals surface area contributed by atoms with Gasteiger partial charge in [0.1, 0.15) is 5.75 Å². The summed E-state index contributed by atoms with van der Waals surface area (Å²) in [6, 6.07) is 7.04. The molecule has 1 unspecified atom stereocenters. The average Bonchev–Trinajstić information content (AvgIpc) is 2.35. The molecule has 0 N–H and O–H groups in total. The number of alkyl halides is 1. The van der Waals surface area contributed by atoms with Crippen LogP contribution >= 0.6 is 15.9 Å². The quantitative estimate of drug-likeness (QED) is 0.436. The van der Waals surface area contributed by atoms with Gasteiger partial charge in [0.25, 0.3) is 0 Å². The van der Waals surface area contributed by atoms with Gasteiger partial charge in [0.05, 0.1) is 18.8 Å². The smallest absolute Gasteiger partial charge is 0.338 e. The molecule has 0 aliphatic heterocycles. The molecular weight excluding hydrogens is 296 g/mol. The first-order valence-electron chi connectivity index (χ1n) is 6.17. The molecule has 1 aromatic rings. The fourth-order valence-corrected chi connectivity index (χ4v) is 1.78. The van der Waals surface area contributed by atoms with Gasteiger partial charge < -0.3 is 9.47 Å². The summed E-state index contributed by atoms with van der Waals surface area (Å²) < 4.78 is 10.5. The molecule has 0 radical (unpaired) electrons. The van der Waals surface area contributed by atoms with E-state index in [1.54, 1.807) is 31.2 Å². The Morgan fingerprint density at radius 2 is 2.00 bits per heavy atom. The maximum Gasteiger partial charge on any atom is 0.338 e. The molecule has 0 aromatic heterocycles. The molecule has 0 fully saturated rings. The van der Waals surface area contributed by atoms with E-state index in [-0.39, 0.29) is 5.97 Å². The van der Waals surface area contributed by atoms with Gasteiger partial charge in [0.2, 0.25) is 0 Å². The number of hydrogen-bond acceptors (Lipinski definition) is 3. The second-order valence-electron chi connectivity index (χ2n) is 4.02. The summed E-state index contributed by atoms with van der Waals surface area (Å²) in [7, 11) is 0. The van der Waals surface area contributed by atoms with E-state index in [9.17, 15) is 4.79 Å². The Kier molecular flexibility index (Phi) is 6.80. The van der Waals surface area contributed by atoms with Crippen molar-refractivity contribution in [2.75, 3.05) is 13.2 Å². The molecule has 0 aliphatic carbocycles. The zero-order valence-corrected chi connectivity index (χ0v) is 12.4. The summed E-state index contributed by atoms with van der Waals surface area (Å²) in [5.74, 6) is 0.488.